The van der Waals surface area contributed by atoms with E-state index >= 15 is 0 Å². The molecule has 1 aromatic rings. The van der Waals surface area contributed by atoms with E-state index in [1.807, 2.05) is 13.8 Å². The number of hydrogen-bond donors (Lipinski definition) is 1. The van der Waals surface area contributed by atoms with E-state index in [-0.39, 0.29) is 24.4 Å². The third-order valence-corrected chi connectivity index (χ3v) is 7.81. The highest BCUT2D eigenvalue weighted by molar-refractivity contribution is 9.11. The Hall–Kier alpha value is 0.340. The molecule has 2 unspecified atom stereocenters. The summed E-state index contributed by atoms with van der Waals surface area (Å²) in [5, 5.41) is 0. The maximum atomic E-state index is 12.5. The predicted molar refractivity (Wildman–Crippen MR) is 84.5 cm³/mol. The van der Waals surface area contributed by atoms with Gasteiger partial charge in [-0.3, -0.25) is 0 Å². The molecule has 1 aliphatic heterocycles. The largest absolute Gasteiger partial charge is 0.327 e. The van der Waals surface area contributed by atoms with Crippen LogP contribution >= 0.6 is 39.7 Å². The van der Waals surface area contributed by atoms with Crippen molar-refractivity contribution in [3.05, 3.63) is 15.4 Å². The quantitative estimate of drug-likeness (QED) is 0.845. The summed E-state index contributed by atoms with van der Waals surface area (Å²) < 4.78 is 27.8. The lowest BCUT2D eigenvalue weighted by atomic mass is 9.96. The first-order valence-electron chi connectivity index (χ1n) is 5.84. The van der Waals surface area contributed by atoms with Gasteiger partial charge in [0.05, 0.1) is 3.79 Å². The van der Waals surface area contributed by atoms with Crippen molar-refractivity contribution >= 4 is 49.7 Å². The van der Waals surface area contributed by atoms with Crippen LogP contribution in [0.4, 0.5) is 0 Å². The van der Waals surface area contributed by atoms with Crippen molar-refractivity contribution in [1.82, 2.24) is 4.31 Å². The van der Waals surface area contributed by atoms with E-state index in [2.05, 4.69) is 15.9 Å². The number of nitrogens with two attached hydrogens (primary N) is 1. The second kappa shape index (κ2) is 6.41. The number of halogens is 2. The van der Waals surface area contributed by atoms with Gasteiger partial charge in [0.15, 0.2) is 0 Å². The molecule has 110 valence electrons. The van der Waals surface area contributed by atoms with Crippen LogP contribution in [0.25, 0.3) is 0 Å². The molecule has 1 saturated heterocycles. The molecule has 0 spiro atoms. The number of rotatable bonds is 2. The van der Waals surface area contributed by atoms with Crippen molar-refractivity contribution in [2.75, 3.05) is 13.1 Å². The minimum Gasteiger partial charge on any atom is -0.327 e. The molecule has 2 rings (SSSR count). The highest BCUT2D eigenvalue weighted by Crippen LogP contribution is 2.33. The van der Waals surface area contributed by atoms with Crippen LogP contribution in [0, 0.1) is 12.8 Å². The summed E-state index contributed by atoms with van der Waals surface area (Å²) in [4.78, 5) is 0. The van der Waals surface area contributed by atoms with E-state index in [0.717, 1.165) is 15.8 Å². The lowest BCUT2D eigenvalue weighted by molar-refractivity contribution is 0.250. The molecular formula is C11H18BrClN2O2S2. The fourth-order valence-electron chi connectivity index (χ4n) is 2.03. The molecule has 0 amide bonds. The van der Waals surface area contributed by atoms with Crippen molar-refractivity contribution in [2.24, 2.45) is 11.7 Å². The summed E-state index contributed by atoms with van der Waals surface area (Å²) in [5.74, 6) is 0.207. The Balaban J connectivity index is 0.00000180. The summed E-state index contributed by atoms with van der Waals surface area (Å²) in [6.45, 7) is 4.93. The van der Waals surface area contributed by atoms with Gasteiger partial charge in [-0.15, -0.1) is 23.7 Å². The van der Waals surface area contributed by atoms with Crippen LogP contribution < -0.4 is 5.73 Å². The molecule has 8 heteroatoms. The van der Waals surface area contributed by atoms with Crippen LogP contribution in [-0.4, -0.2) is 31.9 Å². The van der Waals surface area contributed by atoms with E-state index in [0.29, 0.717) is 17.3 Å². The van der Waals surface area contributed by atoms with Crippen molar-refractivity contribution in [2.45, 2.75) is 30.5 Å². The zero-order valence-corrected chi connectivity index (χ0v) is 14.8. The standard InChI is InChI=1S/C11H17BrN2O2S2.ClH/c1-7-5-10(17-11(7)12)18(15,16)14-4-3-9(13)8(2)6-14;/h5,8-9H,3-4,6,13H2,1-2H3;1H. The Kier molecular flexibility index (Phi) is 5.86. The second-order valence-electron chi connectivity index (χ2n) is 4.82. The molecule has 2 heterocycles. The minimum absolute atomic E-state index is 0. The average Bonchev–Trinajstić information content (AvgIpc) is 2.64. The Labute approximate surface area is 133 Å². The molecule has 2 atom stereocenters. The van der Waals surface area contributed by atoms with Gasteiger partial charge in [0, 0.05) is 19.1 Å². The third kappa shape index (κ3) is 3.51. The van der Waals surface area contributed by atoms with Crippen LogP contribution in [0.3, 0.4) is 0 Å². The maximum Gasteiger partial charge on any atom is 0.252 e. The van der Waals surface area contributed by atoms with Crippen LogP contribution in [-0.2, 0) is 10.0 Å². The van der Waals surface area contributed by atoms with Gasteiger partial charge in [0.1, 0.15) is 4.21 Å². The van der Waals surface area contributed by atoms with Crippen molar-refractivity contribution in [1.29, 1.82) is 0 Å². The number of sulfonamides is 1. The van der Waals surface area contributed by atoms with Gasteiger partial charge in [-0.25, -0.2) is 8.42 Å². The predicted octanol–water partition coefficient (Wildman–Crippen LogP) is 2.60. The lowest BCUT2D eigenvalue weighted by Crippen LogP contribution is -2.47. The summed E-state index contributed by atoms with van der Waals surface area (Å²) in [6, 6.07) is 1.83. The fraction of sp³-hybridized carbons (Fsp3) is 0.636. The molecule has 0 saturated carbocycles. The fourth-order valence-corrected chi connectivity index (χ4v) is 5.97. The van der Waals surface area contributed by atoms with Gasteiger partial charge in [-0.05, 0) is 46.8 Å². The van der Waals surface area contributed by atoms with Gasteiger partial charge in [-0.1, -0.05) is 6.92 Å². The molecule has 1 aromatic heterocycles. The van der Waals surface area contributed by atoms with Crippen molar-refractivity contribution < 1.29 is 8.42 Å². The molecule has 19 heavy (non-hydrogen) atoms. The van der Waals surface area contributed by atoms with E-state index in [1.54, 1.807) is 10.4 Å². The van der Waals surface area contributed by atoms with E-state index in [4.69, 9.17) is 5.73 Å². The number of thiophene rings is 1. The summed E-state index contributed by atoms with van der Waals surface area (Å²) in [5.41, 5.74) is 6.88. The maximum absolute atomic E-state index is 12.5. The summed E-state index contributed by atoms with van der Waals surface area (Å²) >= 11 is 4.64. The molecule has 2 N–H and O–H groups in total. The molecule has 0 bridgehead atoms. The Bertz CT molecular complexity index is 527. The molecule has 1 aliphatic rings. The lowest BCUT2D eigenvalue weighted by Gasteiger charge is -2.33. The Morgan fingerprint density at radius 2 is 2.16 bits per heavy atom. The van der Waals surface area contributed by atoms with Crippen LogP contribution in [0.15, 0.2) is 14.1 Å². The summed E-state index contributed by atoms with van der Waals surface area (Å²) in [6.07, 6.45) is 0.728. The zero-order chi connectivity index (χ0) is 13.5. The van der Waals surface area contributed by atoms with Gasteiger partial charge < -0.3 is 5.73 Å². The number of aryl methyl sites for hydroxylation is 1. The number of piperidine rings is 1. The first-order valence-corrected chi connectivity index (χ1v) is 8.89. The smallest absolute Gasteiger partial charge is 0.252 e. The topological polar surface area (TPSA) is 63.4 Å². The highest BCUT2D eigenvalue weighted by atomic mass is 79.9. The summed E-state index contributed by atoms with van der Waals surface area (Å²) in [7, 11) is -3.35. The molecule has 1 fully saturated rings. The van der Waals surface area contributed by atoms with Crippen molar-refractivity contribution in [3.63, 3.8) is 0 Å². The molecule has 4 nitrogen and oxygen atoms in total. The SMILES string of the molecule is Cc1cc(S(=O)(=O)N2CCC(N)C(C)C2)sc1Br.Cl. The number of nitrogens with zero attached hydrogens (tertiary/aromatic N) is 1. The van der Waals surface area contributed by atoms with E-state index < -0.39 is 10.0 Å². The van der Waals surface area contributed by atoms with Gasteiger partial charge in [0.2, 0.25) is 0 Å². The average molecular weight is 390 g/mol. The Morgan fingerprint density at radius 1 is 1.53 bits per heavy atom. The van der Waals surface area contributed by atoms with E-state index in [9.17, 15) is 8.42 Å². The molecule has 0 radical (unpaired) electrons. The molecule has 0 aromatic carbocycles. The highest BCUT2D eigenvalue weighted by Gasteiger charge is 2.33. The monoisotopic (exact) mass is 388 g/mol. The first kappa shape index (κ1) is 17.4. The normalized spacial score (nSPS) is 25.1. The molecular weight excluding hydrogens is 372 g/mol. The van der Waals surface area contributed by atoms with E-state index in [1.165, 1.54) is 11.3 Å². The first-order chi connectivity index (χ1) is 8.32. The van der Waals surface area contributed by atoms with Gasteiger partial charge in [-0.2, -0.15) is 4.31 Å². The van der Waals surface area contributed by atoms with Crippen LogP contribution in [0.5, 0.6) is 0 Å². The van der Waals surface area contributed by atoms with Crippen molar-refractivity contribution in [3.8, 4) is 0 Å². The van der Waals surface area contributed by atoms with Crippen LogP contribution in [0.2, 0.25) is 0 Å². The minimum atomic E-state index is -3.35. The van der Waals surface area contributed by atoms with Gasteiger partial charge in [0.25, 0.3) is 10.0 Å². The van der Waals surface area contributed by atoms with Crippen LogP contribution in [0.1, 0.15) is 18.9 Å². The zero-order valence-electron chi connectivity index (χ0n) is 10.8. The number of hydrogen-bond acceptors (Lipinski definition) is 4. The third-order valence-electron chi connectivity index (χ3n) is 3.36. The second-order valence-corrected chi connectivity index (χ2v) is 9.35. The Morgan fingerprint density at radius 3 is 2.63 bits per heavy atom. The van der Waals surface area contributed by atoms with Gasteiger partial charge >= 0.3 is 0 Å². The molecule has 0 aliphatic carbocycles.